The third-order valence-electron chi connectivity index (χ3n) is 3.83. The average Bonchev–Trinajstić information content (AvgIpc) is 2.85. The van der Waals surface area contributed by atoms with Gasteiger partial charge in [-0.1, -0.05) is 41.6 Å². The molecule has 1 fully saturated rings. The smallest absolute Gasteiger partial charge is 0.239 e. The normalized spacial score (nSPS) is 19.2. The fourth-order valence-corrected chi connectivity index (χ4v) is 3.52. The lowest BCUT2D eigenvalue weighted by Gasteiger charge is -2.08. The van der Waals surface area contributed by atoms with Crippen molar-refractivity contribution in [2.75, 3.05) is 0 Å². The Morgan fingerprint density at radius 1 is 1.13 bits per heavy atom. The van der Waals surface area contributed by atoms with E-state index in [4.69, 9.17) is 11.6 Å². The van der Waals surface area contributed by atoms with E-state index in [-0.39, 0.29) is 11.2 Å². The van der Waals surface area contributed by atoms with Crippen LogP contribution in [-0.4, -0.2) is 16.3 Å². The standard InChI is InChI=1S/C18H17ClN2OS/c1-11-3-4-13(9-12(11)2)10-16-17(22)21-18(23-16)20-15-7-5-14(19)6-8-15/h3-9,16H,10H2,1-2H3,(H,20,21,22). The molecule has 1 unspecified atom stereocenters. The predicted octanol–water partition coefficient (Wildman–Crippen LogP) is 4.42. The minimum Gasteiger partial charge on any atom is -0.304 e. The monoisotopic (exact) mass is 344 g/mol. The van der Waals surface area contributed by atoms with Gasteiger partial charge in [0.1, 0.15) is 0 Å². The van der Waals surface area contributed by atoms with Crippen molar-refractivity contribution in [2.45, 2.75) is 25.5 Å². The van der Waals surface area contributed by atoms with Crippen molar-refractivity contribution >= 4 is 40.1 Å². The largest absolute Gasteiger partial charge is 0.304 e. The number of benzene rings is 2. The van der Waals surface area contributed by atoms with E-state index in [1.807, 2.05) is 12.1 Å². The summed E-state index contributed by atoms with van der Waals surface area (Å²) in [5.74, 6) is 0.0148. The highest BCUT2D eigenvalue weighted by Gasteiger charge is 2.30. The molecular weight excluding hydrogens is 328 g/mol. The van der Waals surface area contributed by atoms with Crippen molar-refractivity contribution in [1.29, 1.82) is 0 Å². The first-order valence-electron chi connectivity index (χ1n) is 7.39. The maximum absolute atomic E-state index is 12.2. The number of thioether (sulfide) groups is 1. The van der Waals surface area contributed by atoms with E-state index in [1.54, 1.807) is 12.1 Å². The van der Waals surface area contributed by atoms with Crippen LogP contribution in [0.2, 0.25) is 5.02 Å². The van der Waals surface area contributed by atoms with Crippen LogP contribution < -0.4 is 5.32 Å². The molecular formula is C18H17ClN2OS. The third-order valence-corrected chi connectivity index (χ3v) is 5.16. The van der Waals surface area contributed by atoms with Crippen LogP contribution in [0.5, 0.6) is 0 Å². The number of halogens is 1. The van der Waals surface area contributed by atoms with Crippen molar-refractivity contribution in [3.8, 4) is 0 Å². The fourth-order valence-electron chi connectivity index (χ4n) is 2.37. The van der Waals surface area contributed by atoms with Gasteiger partial charge in [0.05, 0.1) is 10.9 Å². The summed E-state index contributed by atoms with van der Waals surface area (Å²) < 4.78 is 0. The minimum absolute atomic E-state index is 0.0148. The molecule has 0 spiro atoms. The van der Waals surface area contributed by atoms with E-state index in [9.17, 15) is 4.79 Å². The number of carbonyl (C=O) groups excluding carboxylic acids is 1. The molecule has 0 radical (unpaired) electrons. The van der Waals surface area contributed by atoms with Gasteiger partial charge in [-0.05, 0) is 61.2 Å². The van der Waals surface area contributed by atoms with E-state index < -0.39 is 0 Å². The Balaban J connectivity index is 1.72. The van der Waals surface area contributed by atoms with E-state index in [0.717, 1.165) is 5.69 Å². The average molecular weight is 345 g/mol. The summed E-state index contributed by atoms with van der Waals surface area (Å²) in [5.41, 5.74) is 4.47. The Bertz CT molecular complexity index is 771. The van der Waals surface area contributed by atoms with Crippen LogP contribution in [-0.2, 0) is 11.2 Å². The first-order valence-corrected chi connectivity index (χ1v) is 8.65. The van der Waals surface area contributed by atoms with Gasteiger partial charge in [-0.2, -0.15) is 0 Å². The Labute approximate surface area is 145 Å². The molecule has 5 heteroatoms. The van der Waals surface area contributed by atoms with E-state index in [2.05, 4.69) is 42.4 Å². The lowest BCUT2D eigenvalue weighted by Crippen LogP contribution is -2.26. The second-order valence-corrected chi connectivity index (χ2v) is 7.24. The topological polar surface area (TPSA) is 41.5 Å². The van der Waals surface area contributed by atoms with Crippen LogP contribution >= 0.6 is 23.4 Å². The fraction of sp³-hybridized carbons (Fsp3) is 0.222. The highest BCUT2D eigenvalue weighted by molar-refractivity contribution is 8.15. The number of hydrogen-bond acceptors (Lipinski definition) is 3. The summed E-state index contributed by atoms with van der Waals surface area (Å²) in [4.78, 5) is 16.6. The van der Waals surface area contributed by atoms with Crippen LogP contribution in [0, 0.1) is 13.8 Å². The molecule has 1 amide bonds. The van der Waals surface area contributed by atoms with Crippen molar-refractivity contribution in [2.24, 2.45) is 4.99 Å². The first kappa shape index (κ1) is 16.1. The maximum Gasteiger partial charge on any atom is 0.239 e. The SMILES string of the molecule is Cc1ccc(CC2SC(=Nc3ccc(Cl)cc3)NC2=O)cc1C. The molecule has 3 nitrogen and oxygen atoms in total. The molecule has 3 rings (SSSR count). The summed E-state index contributed by atoms with van der Waals surface area (Å²) in [5, 5.41) is 4.03. The summed E-state index contributed by atoms with van der Waals surface area (Å²) >= 11 is 7.34. The number of hydrogen-bond donors (Lipinski definition) is 1. The molecule has 1 aliphatic heterocycles. The van der Waals surface area contributed by atoms with Crippen LogP contribution in [0.3, 0.4) is 0 Å². The van der Waals surface area contributed by atoms with Crippen molar-refractivity contribution in [3.63, 3.8) is 0 Å². The molecule has 1 heterocycles. The van der Waals surface area contributed by atoms with Gasteiger partial charge in [0, 0.05) is 5.02 Å². The molecule has 1 atom stereocenters. The zero-order valence-electron chi connectivity index (χ0n) is 13.0. The van der Waals surface area contributed by atoms with Gasteiger partial charge in [-0.15, -0.1) is 0 Å². The Morgan fingerprint density at radius 2 is 1.87 bits per heavy atom. The molecule has 2 aromatic rings. The van der Waals surface area contributed by atoms with Crippen molar-refractivity contribution in [1.82, 2.24) is 5.32 Å². The summed E-state index contributed by atoms with van der Waals surface area (Å²) in [6.07, 6.45) is 0.706. The zero-order valence-corrected chi connectivity index (χ0v) is 14.5. The lowest BCUT2D eigenvalue weighted by atomic mass is 10.0. The second kappa shape index (κ2) is 6.77. The van der Waals surface area contributed by atoms with Gasteiger partial charge in [-0.3, -0.25) is 4.79 Å². The molecule has 0 saturated carbocycles. The van der Waals surface area contributed by atoms with Crippen LogP contribution in [0.25, 0.3) is 0 Å². The van der Waals surface area contributed by atoms with Gasteiger partial charge >= 0.3 is 0 Å². The van der Waals surface area contributed by atoms with E-state index in [1.165, 1.54) is 28.5 Å². The second-order valence-electron chi connectivity index (χ2n) is 5.61. The molecule has 1 aliphatic rings. The molecule has 2 aromatic carbocycles. The highest BCUT2D eigenvalue weighted by atomic mass is 35.5. The number of amidine groups is 1. The van der Waals surface area contributed by atoms with Gasteiger partial charge in [0.2, 0.25) is 5.91 Å². The molecule has 0 aromatic heterocycles. The van der Waals surface area contributed by atoms with Crippen molar-refractivity contribution < 1.29 is 4.79 Å². The Morgan fingerprint density at radius 3 is 2.57 bits per heavy atom. The number of aliphatic imine (C=N–C) groups is 1. The number of amides is 1. The summed E-state index contributed by atoms with van der Waals surface area (Å²) in [7, 11) is 0. The number of nitrogens with zero attached hydrogens (tertiary/aromatic N) is 1. The lowest BCUT2D eigenvalue weighted by molar-refractivity contribution is -0.118. The molecule has 0 aliphatic carbocycles. The molecule has 1 saturated heterocycles. The maximum atomic E-state index is 12.2. The van der Waals surface area contributed by atoms with Gasteiger partial charge in [-0.25, -0.2) is 4.99 Å². The molecule has 118 valence electrons. The quantitative estimate of drug-likeness (QED) is 0.895. The van der Waals surface area contributed by atoms with Gasteiger partial charge < -0.3 is 5.32 Å². The number of aryl methyl sites for hydroxylation is 2. The Kier molecular flexibility index (Phi) is 4.74. The number of carbonyl (C=O) groups is 1. The van der Waals surface area contributed by atoms with Gasteiger partial charge in [0.25, 0.3) is 0 Å². The predicted molar refractivity (Wildman–Crippen MR) is 97.7 cm³/mol. The number of rotatable bonds is 3. The Hall–Kier alpha value is -1.78. The van der Waals surface area contributed by atoms with Crippen LogP contribution in [0.1, 0.15) is 16.7 Å². The first-order chi connectivity index (χ1) is 11.0. The van der Waals surface area contributed by atoms with E-state index in [0.29, 0.717) is 16.6 Å². The highest BCUT2D eigenvalue weighted by Crippen LogP contribution is 2.26. The van der Waals surface area contributed by atoms with Crippen LogP contribution in [0.15, 0.2) is 47.5 Å². The molecule has 1 N–H and O–H groups in total. The zero-order chi connectivity index (χ0) is 16.4. The van der Waals surface area contributed by atoms with Crippen molar-refractivity contribution in [3.05, 3.63) is 64.2 Å². The minimum atomic E-state index is -0.136. The van der Waals surface area contributed by atoms with E-state index >= 15 is 0 Å². The van der Waals surface area contributed by atoms with Gasteiger partial charge in [0.15, 0.2) is 5.17 Å². The number of nitrogens with one attached hydrogen (secondary N) is 1. The summed E-state index contributed by atoms with van der Waals surface area (Å²) in [6.45, 7) is 4.18. The molecule has 0 bridgehead atoms. The third kappa shape index (κ3) is 3.95. The molecule has 23 heavy (non-hydrogen) atoms. The summed E-state index contributed by atoms with van der Waals surface area (Å²) in [6, 6.07) is 13.6. The van der Waals surface area contributed by atoms with Crippen LogP contribution in [0.4, 0.5) is 5.69 Å².